The van der Waals surface area contributed by atoms with Crippen molar-refractivity contribution < 1.29 is 28.3 Å². The van der Waals surface area contributed by atoms with E-state index in [9.17, 15) is 19.2 Å². The first-order chi connectivity index (χ1) is 29.7. The number of alkyl halides is 4. The minimum Gasteiger partial charge on any atom is -0.444 e. The van der Waals surface area contributed by atoms with Gasteiger partial charge in [-0.15, -0.1) is 0 Å². The molecule has 6 rings (SSSR count). The Balaban J connectivity index is 0.000000238. The number of halogens is 4. The number of aromatic amines is 1. The lowest BCUT2D eigenvalue weighted by molar-refractivity contribution is -0.116. The number of nitrogens with zero attached hydrogens (tertiary/aromatic N) is 2. The molecule has 3 aromatic carbocycles. The molecule has 3 heterocycles. The average molecular weight is 961 g/mol. The maximum absolute atomic E-state index is 11.6. The number of oxazole rings is 1. The van der Waals surface area contributed by atoms with E-state index < -0.39 is 34.6 Å². The molecule has 0 bridgehead atoms. The lowest BCUT2D eigenvalue weighted by Gasteiger charge is -2.19. The number of amides is 3. The van der Waals surface area contributed by atoms with Crippen LogP contribution in [0.5, 0.6) is 0 Å². The molecule has 0 atom stereocenters. The van der Waals surface area contributed by atoms with Crippen LogP contribution in [0.1, 0.15) is 53.9 Å². The number of fused-ring (bicyclic) bond motifs is 1. The minimum atomic E-state index is -1.61. The quantitative estimate of drug-likeness (QED) is 0.0769. The van der Waals surface area contributed by atoms with E-state index in [1.807, 2.05) is 20.8 Å². The van der Waals surface area contributed by atoms with E-state index >= 15 is 0 Å². The smallest absolute Gasteiger partial charge is 0.407 e. The Kier molecular flexibility index (Phi) is 21.4. The highest BCUT2D eigenvalue weighted by Crippen LogP contribution is 2.32. The number of carbonyl (C=O) groups is 3. The van der Waals surface area contributed by atoms with Gasteiger partial charge in [-0.25, -0.2) is 14.6 Å². The highest BCUT2D eigenvalue weighted by molar-refractivity contribution is 7.79. The van der Waals surface area contributed by atoms with Crippen molar-refractivity contribution in [2.24, 2.45) is 0 Å². The van der Waals surface area contributed by atoms with E-state index in [4.69, 9.17) is 60.3 Å². The summed E-state index contributed by atoms with van der Waals surface area (Å²) in [5, 5.41) is 11.8. The molecule has 6 aromatic rings. The van der Waals surface area contributed by atoms with Gasteiger partial charge in [-0.05, 0) is 65.4 Å². The van der Waals surface area contributed by atoms with Crippen LogP contribution in [-0.4, -0.2) is 60.6 Å². The number of rotatable bonds is 10. The van der Waals surface area contributed by atoms with E-state index in [0.717, 1.165) is 5.52 Å². The number of anilines is 1. The van der Waals surface area contributed by atoms with Crippen molar-refractivity contribution in [3.8, 4) is 0 Å². The van der Waals surface area contributed by atoms with Crippen molar-refractivity contribution in [3.63, 3.8) is 0 Å². The summed E-state index contributed by atoms with van der Waals surface area (Å²) in [6.07, 6.45) is 5.71. The highest BCUT2D eigenvalue weighted by Gasteiger charge is 2.18. The van der Waals surface area contributed by atoms with Crippen LogP contribution >= 0.6 is 54.3 Å². The molecule has 18 heteroatoms. The van der Waals surface area contributed by atoms with Gasteiger partial charge in [0.05, 0.1) is 6.20 Å². The molecule has 0 spiro atoms. The van der Waals surface area contributed by atoms with Gasteiger partial charge in [0.1, 0.15) is 22.4 Å². The fourth-order valence-corrected chi connectivity index (χ4v) is 7.32. The van der Waals surface area contributed by atoms with Gasteiger partial charge < -0.3 is 34.8 Å². The summed E-state index contributed by atoms with van der Waals surface area (Å²) >= 11 is 19.3. The minimum absolute atomic E-state index is 0.0492. The van der Waals surface area contributed by atoms with Crippen LogP contribution in [0.15, 0.2) is 137 Å². The third-order valence-corrected chi connectivity index (χ3v) is 9.85. The van der Waals surface area contributed by atoms with Crippen molar-refractivity contribution in [1.82, 2.24) is 25.6 Å². The molecule has 336 valence electrons. The molecular weight excluding hydrogens is 909 g/mol. The molecule has 13 nitrogen and oxygen atoms in total. The van der Waals surface area contributed by atoms with Crippen molar-refractivity contribution in [3.05, 3.63) is 144 Å². The largest absolute Gasteiger partial charge is 0.444 e. The normalized spacial score (nSPS) is 11.0. The second-order valence-electron chi connectivity index (χ2n) is 15.0. The average Bonchev–Trinajstić information content (AvgIpc) is 3.62. The first-order valence-electron chi connectivity index (χ1n) is 19.5. The van der Waals surface area contributed by atoms with Gasteiger partial charge in [-0.3, -0.25) is 14.6 Å². The Labute approximate surface area is 388 Å². The molecule has 4 N–H and O–H groups in total. The van der Waals surface area contributed by atoms with Crippen LogP contribution in [0, 0.1) is 0 Å². The molecule has 3 aromatic heterocycles. The Bertz CT molecular complexity index is 2220. The van der Waals surface area contributed by atoms with Crippen molar-refractivity contribution in [2.45, 2.75) is 68.8 Å². The van der Waals surface area contributed by atoms with Gasteiger partial charge in [0.15, 0.2) is 11.5 Å². The number of H-pyrrole nitrogens is 1. The number of pyridine rings is 2. The second-order valence-corrected chi connectivity index (χ2v) is 20.7. The number of ether oxygens (including phenoxy) is 2. The molecule has 0 aliphatic rings. The molecule has 0 fully saturated rings. The summed E-state index contributed by atoms with van der Waals surface area (Å²) in [6.45, 7) is 11.3. The predicted octanol–water partition coefficient (Wildman–Crippen LogP) is 9.52. The number of hydrogen-bond donors (Lipinski definition) is 4. The van der Waals surface area contributed by atoms with Gasteiger partial charge in [0, 0.05) is 56.7 Å². The van der Waals surface area contributed by atoms with Crippen molar-refractivity contribution in [2.75, 3.05) is 18.4 Å². The zero-order chi connectivity index (χ0) is 46.5. The monoisotopic (exact) mass is 958 g/mol. The second kappa shape index (κ2) is 25.8. The Morgan fingerprint density at radius 3 is 1.63 bits per heavy atom. The lowest BCUT2D eigenvalue weighted by Crippen LogP contribution is -2.34. The highest BCUT2D eigenvalue weighted by atomic mass is 35.6. The topological polar surface area (TPSA) is 178 Å². The number of nitrogens with one attached hydrogen (secondary N) is 4. The Hall–Kier alpha value is -5.17. The van der Waals surface area contributed by atoms with Gasteiger partial charge >= 0.3 is 12.2 Å². The van der Waals surface area contributed by atoms with Crippen LogP contribution in [0.25, 0.3) is 11.1 Å². The number of carbonyl (C=O) groups excluding carboxylic acids is 3. The zero-order valence-electron chi connectivity index (χ0n) is 35.7. The van der Waals surface area contributed by atoms with E-state index in [1.165, 1.54) is 34.4 Å². The first kappa shape index (κ1) is 52.2. The van der Waals surface area contributed by atoms with Gasteiger partial charge in [0.25, 0.3) is 3.25 Å². The van der Waals surface area contributed by atoms with Crippen LogP contribution in [-0.2, 0) is 20.7 Å². The number of benzene rings is 3. The third-order valence-electron chi connectivity index (χ3n) is 7.40. The van der Waals surface area contributed by atoms with E-state index in [2.05, 4.69) is 122 Å². The molecule has 63 heavy (non-hydrogen) atoms. The molecular formula is C45H51Cl4N6O7P. The number of alkyl carbamates (subject to hydrolysis) is 2. The molecule has 0 unspecified atom stereocenters. The van der Waals surface area contributed by atoms with Crippen molar-refractivity contribution >= 4 is 105 Å². The molecule has 0 aliphatic carbocycles. The van der Waals surface area contributed by atoms with E-state index in [-0.39, 0.29) is 30.0 Å². The maximum atomic E-state index is 11.6. The zero-order valence-corrected chi connectivity index (χ0v) is 39.6. The standard InChI is InChI=1S/C18H15P.C13H19N3O4.C13H17N3O3.CCl4/c1-4-10-16(11-5-1)19(17-12-6-2-7-13-17)18-14-8-3-9-15-18;1-13(2,3)20-12(19)15-7-5-11(18)16-9-8-14-6-4-10(9)17;1-13(2,3)19-12(17)15-7-5-11-16-9-8-14-6-4-10(9)18-11;2-1(3,4)5/h1-15H;4,6,8H,5,7H2,1-3H3,(H,14,17)(H,15,19)(H,16,18);4,6,8H,5,7H2,1-3H3,(H,15,17);. The van der Waals surface area contributed by atoms with Crippen LogP contribution in [0.4, 0.5) is 15.3 Å². The molecule has 0 aliphatic heterocycles. The first-order valence-corrected chi connectivity index (χ1v) is 22.3. The molecule has 3 amide bonds. The van der Waals surface area contributed by atoms with E-state index in [1.54, 1.807) is 39.2 Å². The Morgan fingerprint density at radius 1 is 0.714 bits per heavy atom. The van der Waals surface area contributed by atoms with Crippen molar-refractivity contribution in [1.29, 1.82) is 0 Å². The fourth-order valence-electron chi connectivity index (χ4n) is 5.02. The third kappa shape index (κ3) is 22.7. The molecule has 0 saturated carbocycles. The molecule has 0 saturated heterocycles. The van der Waals surface area contributed by atoms with Gasteiger partial charge in [-0.2, -0.15) is 0 Å². The summed E-state index contributed by atoms with van der Waals surface area (Å²) in [5.41, 5.74) is 0.237. The maximum Gasteiger partial charge on any atom is 0.407 e. The predicted molar refractivity (Wildman–Crippen MR) is 256 cm³/mol. The van der Waals surface area contributed by atoms with Gasteiger partial charge in [0.2, 0.25) is 11.3 Å². The summed E-state index contributed by atoms with van der Waals surface area (Å²) < 4.78 is 14.0. The van der Waals surface area contributed by atoms with Crippen LogP contribution < -0.4 is 37.3 Å². The molecule has 0 radical (unpaired) electrons. The van der Waals surface area contributed by atoms with Crippen LogP contribution in [0.3, 0.4) is 0 Å². The lowest BCUT2D eigenvalue weighted by atomic mass is 10.2. The van der Waals surface area contributed by atoms with E-state index in [0.29, 0.717) is 24.4 Å². The summed E-state index contributed by atoms with van der Waals surface area (Å²) in [4.78, 5) is 56.6. The summed E-state index contributed by atoms with van der Waals surface area (Å²) in [6, 6.07) is 35.4. The SMILES string of the molecule is CC(C)(C)OC(=O)NCCC(=O)Nc1c[nH]ccc1=O.CC(C)(C)OC(=O)NCCc1nc2cnccc2o1.ClC(Cl)(Cl)Cl.c1ccc(P(c2ccccc2)c2ccccc2)cc1. The fraction of sp³-hybridized carbons (Fsp3) is 0.289. The summed E-state index contributed by atoms with van der Waals surface area (Å²) in [5.74, 6) is 0.205. The van der Waals surface area contributed by atoms with Crippen LogP contribution in [0.2, 0.25) is 0 Å². The van der Waals surface area contributed by atoms with Gasteiger partial charge in [-0.1, -0.05) is 137 Å². The number of aromatic nitrogens is 3. The number of hydrogen-bond acceptors (Lipinski definition) is 9. The Morgan fingerprint density at radius 2 is 1.19 bits per heavy atom. The summed E-state index contributed by atoms with van der Waals surface area (Å²) in [7, 11) is -0.446.